The average molecular weight is 541 g/mol. The number of rotatable bonds is 14. The summed E-state index contributed by atoms with van der Waals surface area (Å²) in [5.74, 6) is -2.13. The summed E-state index contributed by atoms with van der Waals surface area (Å²) < 4.78 is 82.5. The molecule has 0 saturated heterocycles. The molecule has 0 aliphatic heterocycles. The Morgan fingerprint density at radius 3 is 2.11 bits per heavy atom. The zero-order valence-electron chi connectivity index (χ0n) is 20.7. The lowest BCUT2D eigenvalue weighted by atomic mass is 9.44. The second-order valence-electron chi connectivity index (χ2n) is 10.9. The van der Waals surface area contributed by atoms with Crippen LogP contribution in [-0.2, 0) is 38.8 Å². The van der Waals surface area contributed by atoms with E-state index in [2.05, 4.69) is 6.58 Å². The van der Waals surface area contributed by atoms with E-state index in [9.17, 15) is 30.7 Å². The third kappa shape index (κ3) is 6.80. The molecule has 0 heterocycles. The van der Waals surface area contributed by atoms with Crippen molar-refractivity contribution < 1.29 is 49.6 Å². The SMILES string of the molecule is C=C(C)C(=O)OCCCCOC(C)OCC12CC3CC(CC(COC(=O)C(F)(F)S(=O)(=O)F)(C3)C1)C2. The molecule has 0 aromatic heterocycles. The third-order valence-electron chi connectivity index (χ3n) is 7.45. The lowest BCUT2D eigenvalue weighted by Crippen LogP contribution is -2.55. The van der Waals surface area contributed by atoms with Gasteiger partial charge in [-0.2, -0.15) is 17.2 Å². The van der Waals surface area contributed by atoms with Crippen molar-refractivity contribution in [1.29, 1.82) is 0 Å². The van der Waals surface area contributed by atoms with E-state index in [0.29, 0.717) is 62.7 Å². The molecule has 0 spiro atoms. The predicted octanol–water partition coefficient (Wildman–Crippen LogP) is 4.29. The van der Waals surface area contributed by atoms with Gasteiger partial charge in [0.25, 0.3) is 0 Å². The van der Waals surface area contributed by atoms with Crippen LogP contribution in [0.2, 0.25) is 0 Å². The number of halogens is 3. The van der Waals surface area contributed by atoms with Crippen LogP contribution in [0.4, 0.5) is 12.7 Å². The number of carbonyl (C=O) groups excluding carboxylic acids is 2. The van der Waals surface area contributed by atoms with Crippen molar-refractivity contribution in [2.24, 2.45) is 22.7 Å². The van der Waals surface area contributed by atoms with Crippen LogP contribution in [0.1, 0.15) is 65.2 Å². The monoisotopic (exact) mass is 540 g/mol. The van der Waals surface area contributed by atoms with Gasteiger partial charge in [-0.05, 0) is 82.5 Å². The minimum absolute atomic E-state index is 0.209. The van der Waals surface area contributed by atoms with Crippen molar-refractivity contribution in [3.63, 3.8) is 0 Å². The smallest absolute Gasteiger partial charge is 0.462 e. The van der Waals surface area contributed by atoms with Gasteiger partial charge in [-0.15, -0.1) is 0 Å². The van der Waals surface area contributed by atoms with E-state index in [1.165, 1.54) is 0 Å². The number of hydrogen-bond donors (Lipinski definition) is 0. The molecule has 0 aromatic carbocycles. The molecule has 4 aliphatic carbocycles. The molecule has 3 unspecified atom stereocenters. The Morgan fingerprint density at radius 1 is 1.00 bits per heavy atom. The summed E-state index contributed by atoms with van der Waals surface area (Å²) in [5, 5.41) is -5.21. The van der Waals surface area contributed by atoms with Crippen LogP contribution < -0.4 is 0 Å². The summed E-state index contributed by atoms with van der Waals surface area (Å²) in [6.45, 7) is 7.64. The van der Waals surface area contributed by atoms with Crippen molar-refractivity contribution in [2.45, 2.75) is 76.8 Å². The fraction of sp³-hybridized carbons (Fsp3) is 0.833. The number of esters is 2. The summed E-state index contributed by atoms with van der Waals surface area (Å²) in [7, 11) is -6.40. The first-order valence-electron chi connectivity index (χ1n) is 12.2. The van der Waals surface area contributed by atoms with E-state index in [1.54, 1.807) is 13.8 Å². The van der Waals surface area contributed by atoms with Crippen LogP contribution in [0.25, 0.3) is 0 Å². The molecule has 0 N–H and O–H groups in total. The van der Waals surface area contributed by atoms with E-state index < -0.39 is 39.1 Å². The predicted molar refractivity (Wildman–Crippen MR) is 122 cm³/mol. The molecule has 8 nitrogen and oxygen atoms in total. The second kappa shape index (κ2) is 11.0. The minimum Gasteiger partial charge on any atom is -0.462 e. The van der Waals surface area contributed by atoms with Gasteiger partial charge in [0.05, 0.1) is 19.8 Å². The van der Waals surface area contributed by atoms with Gasteiger partial charge in [0, 0.05) is 17.6 Å². The molecule has 0 aromatic rings. The summed E-state index contributed by atoms with van der Waals surface area (Å²) in [6, 6.07) is 0. The Kier molecular flexibility index (Phi) is 8.82. The van der Waals surface area contributed by atoms with Gasteiger partial charge in [0.1, 0.15) is 0 Å². The largest absolute Gasteiger partial charge is 0.470 e. The first kappa shape index (κ1) is 28.9. The maximum absolute atomic E-state index is 13.5. The maximum Gasteiger partial charge on any atom is 0.470 e. The number of carbonyl (C=O) groups is 2. The summed E-state index contributed by atoms with van der Waals surface area (Å²) in [6.07, 6.45) is 5.65. The third-order valence-corrected chi connectivity index (χ3v) is 8.23. The molecule has 206 valence electrons. The first-order chi connectivity index (χ1) is 16.7. The lowest BCUT2D eigenvalue weighted by Gasteiger charge is -2.61. The molecule has 4 aliphatic rings. The molecule has 3 atom stereocenters. The van der Waals surface area contributed by atoms with Crippen molar-refractivity contribution >= 4 is 22.2 Å². The zero-order chi connectivity index (χ0) is 26.8. The molecular formula is C24H35F3O8S. The van der Waals surface area contributed by atoms with E-state index in [1.807, 2.05) is 0 Å². The molecule has 0 amide bonds. The summed E-state index contributed by atoms with van der Waals surface area (Å²) in [4.78, 5) is 23.0. The van der Waals surface area contributed by atoms with E-state index in [0.717, 1.165) is 19.3 Å². The molecule has 4 rings (SSSR count). The molecular weight excluding hydrogens is 505 g/mol. The minimum atomic E-state index is -6.40. The van der Waals surface area contributed by atoms with Crippen molar-refractivity contribution in [2.75, 3.05) is 26.4 Å². The van der Waals surface area contributed by atoms with Crippen LogP contribution >= 0.6 is 0 Å². The lowest BCUT2D eigenvalue weighted by molar-refractivity contribution is -0.204. The fourth-order valence-electron chi connectivity index (χ4n) is 6.47. The van der Waals surface area contributed by atoms with Gasteiger partial charge < -0.3 is 18.9 Å². The van der Waals surface area contributed by atoms with E-state index >= 15 is 0 Å². The Bertz CT molecular complexity index is 937. The number of unbranched alkanes of at least 4 members (excludes halogenated alkanes) is 1. The molecule has 12 heteroatoms. The zero-order valence-corrected chi connectivity index (χ0v) is 21.5. The standard InChI is InChI=1S/C24H35F3O8S/c1-16(2)20(28)33-7-5-4-6-32-17(3)34-14-22-9-18-8-19(10-22)12-23(11-18,13-22)15-35-21(29)24(25,26)36(27,30)31/h17-19H,1,4-15H2,2-3H3. The van der Waals surface area contributed by atoms with Gasteiger partial charge in [-0.25, -0.2) is 9.59 Å². The highest BCUT2D eigenvalue weighted by atomic mass is 32.3. The van der Waals surface area contributed by atoms with Crippen LogP contribution in [0.15, 0.2) is 12.2 Å². The number of alkyl halides is 2. The van der Waals surface area contributed by atoms with Crippen molar-refractivity contribution in [3.05, 3.63) is 12.2 Å². The highest BCUT2D eigenvalue weighted by molar-refractivity contribution is 7.88. The summed E-state index contributed by atoms with van der Waals surface area (Å²) >= 11 is 0. The Hall–Kier alpha value is -1.66. The van der Waals surface area contributed by atoms with Gasteiger partial charge in [0.15, 0.2) is 6.29 Å². The Morgan fingerprint density at radius 2 is 1.56 bits per heavy atom. The van der Waals surface area contributed by atoms with Crippen LogP contribution in [0.3, 0.4) is 0 Å². The Balaban J connectivity index is 1.46. The highest BCUT2D eigenvalue weighted by Crippen LogP contribution is 2.65. The van der Waals surface area contributed by atoms with Gasteiger partial charge in [-0.1, -0.05) is 10.5 Å². The number of ether oxygens (including phenoxy) is 4. The number of hydrogen-bond acceptors (Lipinski definition) is 8. The quantitative estimate of drug-likeness (QED) is 0.106. The van der Waals surface area contributed by atoms with Gasteiger partial charge >= 0.3 is 27.4 Å². The maximum atomic E-state index is 13.5. The van der Waals surface area contributed by atoms with Crippen LogP contribution in [0, 0.1) is 22.7 Å². The second-order valence-corrected chi connectivity index (χ2v) is 12.3. The average Bonchev–Trinajstić information content (AvgIpc) is 2.76. The first-order valence-corrected chi connectivity index (χ1v) is 13.6. The highest BCUT2D eigenvalue weighted by Gasteiger charge is 2.60. The van der Waals surface area contributed by atoms with Crippen LogP contribution in [-0.4, -0.2) is 58.3 Å². The molecule has 4 fully saturated rings. The molecule has 4 bridgehead atoms. The molecule has 4 saturated carbocycles. The van der Waals surface area contributed by atoms with Crippen molar-refractivity contribution in [1.82, 2.24) is 0 Å². The fourth-order valence-corrected chi connectivity index (χ4v) is 6.73. The van der Waals surface area contributed by atoms with Gasteiger partial charge in [0.2, 0.25) is 0 Å². The van der Waals surface area contributed by atoms with Crippen LogP contribution in [0.5, 0.6) is 0 Å². The van der Waals surface area contributed by atoms with E-state index in [4.69, 9.17) is 18.9 Å². The summed E-state index contributed by atoms with van der Waals surface area (Å²) in [5.41, 5.74) is -0.409. The topological polar surface area (TPSA) is 105 Å². The molecule has 36 heavy (non-hydrogen) atoms. The van der Waals surface area contributed by atoms with Crippen molar-refractivity contribution in [3.8, 4) is 0 Å². The molecule has 0 radical (unpaired) electrons. The Labute approximate surface area is 210 Å². The normalized spacial score (nSPS) is 30.1. The van der Waals surface area contributed by atoms with E-state index in [-0.39, 0.29) is 18.6 Å². The van der Waals surface area contributed by atoms with Gasteiger partial charge in [-0.3, -0.25) is 0 Å².